The van der Waals surface area contributed by atoms with E-state index in [0.717, 1.165) is 34.0 Å². The maximum absolute atomic E-state index is 13.3. The van der Waals surface area contributed by atoms with Crippen LogP contribution in [0.25, 0.3) is 16.9 Å². The topological polar surface area (TPSA) is 43.3 Å². The molecule has 0 aliphatic heterocycles. The van der Waals surface area contributed by atoms with Gasteiger partial charge in [0.05, 0.1) is 24.4 Å². The van der Waals surface area contributed by atoms with E-state index in [1.807, 2.05) is 92.7 Å². The lowest BCUT2D eigenvalue weighted by Gasteiger charge is -2.15. The van der Waals surface area contributed by atoms with Crippen molar-refractivity contribution in [1.82, 2.24) is 9.88 Å². The first kappa shape index (κ1) is 20.5. The number of nitrogens with zero attached hydrogens (tertiary/aromatic N) is 1. The molecule has 4 heteroatoms. The lowest BCUT2D eigenvalue weighted by atomic mass is 10.1. The zero-order valence-electron chi connectivity index (χ0n) is 18.0. The standard InChI is InChI=1S/C27H26N2O2/c1-19(21-11-6-4-7-12-21)28-27(30)25-18-26(22-13-8-5-9-14-22)29(20(25)2)23-15-10-16-24(17-23)31-3/h4-19H,1-3H3,(H,28,30). The van der Waals surface area contributed by atoms with Gasteiger partial charge in [-0.25, -0.2) is 0 Å². The van der Waals surface area contributed by atoms with Crippen molar-refractivity contribution < 1.29 is 9.53 Å². The highest BCUT2D eigenvalue weighted by Gasteiger charge is 2.21. The smallest absolute Gasteiger partial charge is 0.253 e. The fourth-order valence-corrected chi connectivity index (χ4v) is 3.84. The van der Waals surface area contributed by atoms with Crippen LogP contribution < -0.4 is 10.1 Å². The van der Waals surface area contributed by atoms with Crippen LogP contribution in [0.5, 0.6) is 5.75 Å². The van der Waals surface area contributed by atoms with E-state index in [0.29, 0.717) is 5.56 Å². The van der Waals surface area contributed by atoms with E-state index in [9.17, 15) is 4.79 Å². The molecule has 3 aromatic carbocycles. The molecule has 0 fully saturated rings. The first-order valence-corrected chi connectivity index (χ1v) is 10.4. The highest BCUT2D eigenvalue weighted by molar-refractivity contribution is 5.97. The van der Waals surface area contributed by atoms with Gasteiger partial charge in [0, 0.05) is 17.4 Å². The second-order valence-corrected chi connectivity index (χ2v) is 7.54. The summed E-state index contributed by atoms with van der Waals surface area (Å²) in [7, 11) is 1.66. The molecule has 4 nitrogen and oxygen atoms in total. The Labute approximate surface area is 183 Å². The number of aromatic nitrogens is 1. The molecule has 0 spiro atoms. The third kappa shape index (κ3) is 4.24. The summed E-state index contributed by atoms with van der Waals surface area (Å²) in [5.74, 6) is 0.681. The van der Waals surface area contributed by atoms with Gasteiger partial charge >= 0.3 is 0 Å². The normalized spacial score (nSPS) is 11.7. The van der Waals surface area contributed by atoms with Crippen LogP contribution in [0.15, 0.2) is 91.0 Å². The van der Waals surface area contributed by atoms with Gasteiger partial charge in [0.15, 0.2) is 0 Å². The van der Waals surface area contributed by atoms with E-state index in [-0.39, 0.29) is 11.9 Å². The summed E-state index contributed by atoms with van der Waals surface area (Å²) in [6.07, 6.45) is 0. The van der Waals surface area contributed by atoms with Crippen molar-refractivity contribution in [2.24, 2.45) is 0 Å². The molecule has 0 bridgehead atoms. The van der Waals surface area contributed by atoms with E-state index in [1.165, 1.54) is 0 Å². The number of benzene rings is 3. The molecule has 1 atom stereocenters. The van der Waals surface area contributed by atoms with Crippen molar-refractivity contribution in [1.29, 1.82) is 0 Å². The maximum atomic E-state index is 13.3. The molecule has 1 unspecified atom stereocenters. The number of amides is 1. The number of ether oxygens (including phenoxy) is 1. The molecular weight excluding hydrogens is 384 g/mol. The minimum absolute atomic E-state index is 0.0894. The van der Waals surface area contributed by atoms with Crippen molar-refractivity contribution in [2.75, 3.05) is 7.11 Å². The summed E-state index contributed by atoms with van der Waals surface area (Å²) in [5.41, 5.74) is 5.57. The highest BCUT2D eigenvalue weighted by atomic mass is 16.5. The Morgan fingerprint density at radius 2 is 1.58 bits per heavy atom. The Kier molecular flexibility index (Phi) is 5.89. The zero-order chi connectivity index (χ0) is 21.8. The predicted octanol–water partition coefficient (Wildman–Crippen LogP) is 5.95. The SMILES string of the molecule is COc1cccc(-n2c(-c3ccccc3)cc(C(=O)NC(C)c3ccccc3)c2C)c1. The van der Waals surface area contributed by atoms with E-state index in [4.69, 9.17) is 4.74 Å². The lowest BCUT2D eigenvalue weighted by Crippen LogP contribution is -2.27. The van der Waals surface area contributed by atoms with Gasteiger partial charge in [-0.2, -0.15) is 0 Å². The minimum atomic E-state index is -0.0901. The first-order chi connectivity index (χ1) is 15.1. The van der Waals surface area contributed by atoms with Gasteiger partial charge < -0.3 is 14.6 Å². The van der Waals surface area contributed by atoms with Gasteiger partial charge in [0.25, 0.3) is 5.91 Å². The lowest BCUT2D eigenvalue weighted by molar-refractivity contribution is 0.0939. The van der Waals surface area contributed by atoms with Crippen molar-refractivity contribution in [3.8, 4) is 22.7 Å². The molecule has 1 N–H and O–H groups in total. The quantitative estimate of drug-likeness (QED) is 0.427. The van der Waals surface area contributed by atoms with Gasteiger partial charge in [-0.3, -0.25) is 4.79 Å². The van der Waals surface area contributed by atoms with Crippen LogP contribution in [-0.2, 0) is 0 Å². The average molecular weight is 411 g/mol. The molecule has 0 radical (unpaired) electrons. The molecule has 1 amide bonds. The molecule has 156 valence electrons. The van der Waals surface area contributed by atoms with Crippen LogP contribution in [-0.4, -0.2) is 17.6 Å². The molecule has 1 aromatic heterocycles. The van der Waals surface area contributed by atoms with Crippen LogP contribution in [0.2, 0.25) is 0 Å². The van der Waals surface area contributed by atoms with E-state index >= 15 is 0 Å². The van der Waals surface area contributed by atoms with Gasteiger partial charge in [0.2, 0.25) is 0 Å². The predicted molar refractivity (Wildman–Crippen MR) is 125 cm³/mol. The van der Waals surface area contributed by atoms with Crippen molar-refractivity contribution >= 4 is 5.91 Å². The number of nitrogens with one attached hydrogen (secondary N) is 1. The third-order valence-electron chi connectivity index (χ3n) is 5.52. The third-order valence-corrected chi connectivity index (χ3v) is 5.52. The molecule has 0 saturated heterocycles. The second-order valence-electron chi connectivity index (χ2n) is 7.54. The Bertz CT molecular complexity index is 1180. The fourth-order valence-electron chi connectivity index (χ4n) is 3.84. The molecule has 1 heterocycles. The maximum Gasteiger partial charge on any atom is 0.253 e. The van der Waals surface area contributed by atoms with Crippen molar-refractivity contribution in [3.05, 3.63) is 108 Å². The highest BCUT2D eigenvalue weighted by Crippen LogP contribution is 2.31. The average Bonchev–Trinajstić information content (AvgIpc) is 3.17. The molecule has 4 aromatic rings. The van der Waals surface area contributed by atoms with Gasteiger partial charge in [-0.1, -0.05) is 66.7 Å². The van der Waals surface area contributed by atoms with E-state index in [2.05, 4.69) is 22.0 Å². The molecule has 0 aliphatic rings. The van der Waals surface area contributed by atoms with E-state index < -0.39 is 0 Å². The zero-order valence-corrected chi connectivity index (χ0v) is 18.0. The Morgan fingerprint density at radius 3 is 2.26 bits per heavy atom. The van der Waals surface area contributed by atoms with Gasteiger partial charge in [-0.15, -0.1) is 0 Å². The summed E-state index contributed by atoms with van der Waals surface area (Å²) >= 11 is 0. The summed E-state index contributed by atoms with van der Waals surface area (Å²) in [6, 6.07) is 29.9. The van der Waals surface area contributed by atoms with Crippen molar-refractivity contribution in [3.63, 3.8) is 0 Å². The summed E-state index contributed by atoms with van der Waals surface area (Å²) in [5, 5.41) is 3.14. The Hall–Kier alpha value is -3.79. The van der Waals surface area contributed by atoms with E-state index in [1.54, 1.807) is 7.11 Å². The number of carbonyl (C=O) groups excluding carboxylic acids is 1. The van der Waals surface area contributed by atoms with Crippen LogP contribution in [0.3, 0.4) is 0 Å². The number of hydrogen-bond acceptors (Lipinski definition) is 2. The van der Waals surface area contributed by atoms with Crippen molar-refractivity contribution in [2.45, 2.75) is 19.9 Å². The summed E-state index contributed by atoms with van der Waals surface area (Å²) in [4.78, 5) is 13.3. The number of carbonyl (C=O) groups is 1. The number of rotatable bonds is 6. The number of hydrogen-bond donors (Lipinski definition) is 1. The van der Waals surface area contributed by atoms with Gasteiger partial charge in [-0.05, 0) is 43.2 Å². The monoisotopic (exact) mass is 410 g/mol. The molecule has 0 saturated carbocycles. The molecule has 4 rings (SSSR count). The molecular formula is C27H26N2O2. The van der Waals surface area contributed by atoms with Crippen LogP contribution >= 0.6 is 0 Å². The minimum Gasteiger partial charge on any atom is -0.497 e. The molecule has 0 aliphatic carbocycles. The second kappa shape index (κ2) is 8.92. The van der Waals surface area contributed by atoms with Crippen LogP contribution in [0.1, 0.15) is 34.6 Å². The van der Waals surface area contributed by atoms with Gasteiger partial charge in [0.1, 0.15) is 5.75 Å². The first-order valence-electron chi connectivity index (χ1n) is 10.4. The van der Waals surface area contributed by atoms with Crippen LogP contribution in [0, 0.1) is 6.92 Å². The Morgan fingerprint density at radius 1 is 0.903 bits per heavy atom. The van der Waals surface area contributed by atoms with Crippen LogP contribution in [0.4, 0.5) is 0 Å². The summed E-state index contributed by atoms with van der Waals surface area (Å²) in [6.45, 7) is 3.98. The summed E-state index contributed by atoms with van der Waals surface area (Å²) < 4.78 is 7.54. The number of methoxy groups -OCH3 is 1. The fraction of sp³-hybridized carbons (Fsp3) is 0.148. The largest absolute Gasteiger partial charge is 0.497 e. The molecule has 31 heavy (non-hydrogen) atoms. The Balaban J connectivity index is 1.77.